The Morgan fingerprint density at radius 3 is 2.67 bits per heavy atom. The maximum absolute atomic E-state index is 12.3. The summed E-state index contributed by atoms with van der Waals surface area (Å²) in [5, 5.41) is 4.82. The molecule has 124 valence electrons. The number of hydrogen-bond acceptors (Lipinski definition) is 4. The van der Waals surface area contributed by atoms with E-state index in [0.29, 0.717) is 12.3 Å². The Bertz CT molecular complexity index is 358. The van der Waals surface area contributed by atoms with Gasteiger partial charge in [-0.1, -0.05) is 32.4 Å². The Morgan fingerprint density at radius 2 is 2.19 bits per heavy atom. The molecule has 0 amide bonds. The monoisotopic (exact) mass is 318 g/mol. The first-order valence-corrected chi connectivity index (χ1v) is 8.60. The zero-order chi connectivity index (χ0) is 17.3. The van der Waals surface area contributed by atoms with Gasteiger partial charge in [0, 0.05) is 13.5 Å². The Kier molecular flexibility index (Phi) is 9.29. The van der Waals surface area contributed by atoms with Gasteiger partial charge in [0.1, 0.15) is 5.78 Å². The Labute approximate surface area is 137 Å². The van der Waals surface area contributed by atoms with Crippen molar-refractivity contribution in [3.63, 3.8) is 0 Å². The fourth-order valence-electron chi connectivity index (χ4n) is 2.81. The molecule has 4 atom stereocenters. The summed E-state index contributed by atoms with van der Waals surface area (Å²) in [6.45, 7) is 8.32. The lowest BCUT2D eigenvalue weighted by Crippen LogP contribution is -2.48. The summed E-state index contributed by atoms with van der Waals surface area (Å²) in [5.74, 6) is 0.628. The van der Waals surface area contributed by atoms with Crippen LogP contribution in [0.15, 0.2) is 11.6 Å². The van der Waals surface area contributed by atoms with Crippen molar-refractivity contribution in [3.8, 4) is 0 Å². The van der Waals surface area contributed by atoms with Crippen molar-refractivity contribution in [1.29, 1.82) is 1.43 Å². The van der Waals surface area contributed by atoms with Crippen LogP contribution in [0.4, 0.5) is 0 Å². The van der Waals surface area contributed by atoms with E-state index in [-0.39, 0.29) is 29.8 Å². The lowest BCUT2D eigenvalue weighted by Gasteiger charge is -2.37. The number of allylic oxidation sites excluding steroid dienone is 1. The summed E-state index contributed by atoms with van der Waals surface area (Å²) in [4.78, 5) is 12.3. The number of methoxy groups -OCH3 is 1. The van der Waals surface area contributed by atoms with Crippen LogP contribution in [0.1, 0.15) is 47.0 Å². The molecule has 0 bridgehead atoms. The van der Waals surface area contributed by atoms with Crippen molar-refractivity contribution < 1.29 is 14.6 Å². The van der Waals surface area contributed by atoms with Crippen LogP contribution in [0.2, 0.25) is 0 Å². The predicted molar refractivity (Wildman–Crippen MR) is 91.8 cm³/mol. The molecule has 3 nitrogen and oxygen atoms in total. The van der Waals surface area contributed by atoms with Crippen molar-refractivity contribution in [1.82, 2.24) is 0 Å². The molecule has 1 aliphatic rings. The van der Waals surface area contributed by atoms with E-state index in [0.717, 1.165) is 18.4 Å². The second-order valence-corrected chi connectivity index (χ2v) is 6.21. The van der Waals surface area contributed by atoms with Crippen LogP contribution in [-0.4, -0.2) is 37.9 Å². The molecule has 1 fully saturated rings. The molecule has 0 radical (unpaired) electrons. The Balaban J connectivity index is 0.00000211. The number of thiol groups is 1. The van der Waals surface area contributed by atoms with E-state index in [1.54, 1.807) is 13.4 Å². The van der Waals surface area contributed by atoms with E-state index in [4.69, 9.17) is 11.3 Å². The first kappa shape index (κ1) is 18.7. The van der Waals surface area contributed by atoms with E-state index in [9.17, 15) is 4.79 Å². The van der Waals surface area contributed by atoms with Gasteiger partial charge in [0.2, 0.25) is 1.43 Å². The Hall–Kier alpha value is -0.320. The number of carbonyl (C=O) groups is 1. The number of hydrogen-bond donors (Lipinski definition) is 2. The molecule has 21 heavy (non-hydrogen) atoms. The molecular weight excluding hydrogens is 284 g/mol. The Morgan fingerprint density at radius 1 is 1.57 bits per heavy atom. The van der Waals surface area contributed by atoms with Crippen molar-refractivity contribution in [3.05, 3.63) is 11.6 Å². The molecule has 0 spiro atoms. The molecule has 1 rings (SSSR count). The number of carbonyl (C=O) groups excluding carboxylic acids is 1. The summed E-state index contributed by atoms with van der Waals surface area (Å²) in [6.07, 6.45) is 5.71. The third kappa shape index (κ3) is 6.13. The van der Waals surface area contributed by atoms with Crippen LogP contribution in [0.3, 0.4) is 0 Å². The number of ether oxygens (including phenoxy) is 1. The topological polar surface area (TPSA) is 46.5 Å². The van der Waals surface area contributed by atoms with Crippen molar-refractivity contribution in [2.24, 2.45) is 17.8 Å². The van der Waals surface area contributed by atoms with E-state index in [2.05, 4.69) is 32.6 Å². The minimum atomic E-state index is -0.348. The number of aliphatic hydroxyl groups excluding tert-OH is 1. The molecular formula is C17H32O3S. The van der Waals surface area contributed by atoms with Gasteiger partial charge in [-0.05, 0) is 37.9 Å². The predicted octanol–water partition coefficient (Wildman–Crippen LogP) is 3.52. The third-order valence-electron chi connectivity index (χ3n) is 4.06. The minimum Gasteiger partial charge on any atom is -0.390 e. The van der Waals surface area contributed by atoms with Gasteiger partial charge in [0.15, 0.2) is 0 Å². The van der Waals surface area contributed by atoms with Gasteiger partial charge in [-0.15, -0.1) is 0 Å². The minimum absolute atomic E-state index is 0.0321. The maximum Gasteiger partial charge on any atom is 0.211 e. The SMILES string of the molecule is CS.[3H]O[C@H]1[C@@H](OC)[C@H](/C(C)=C/CCC(C)C)C(=O)C[C@H]1C. The summed E-state index contributed by atoms with van der Waals surface area (Å²) in [7, 11) is 1.59. The van der Waals surface area contributed by atoms with Crippen molar-refractivity contribution in [2.45, 2.75) is 59.2 Å². The quantitative estimate of drug-likeness (QED) is 0.582. The highest BCUT2D eigenvalue weighted by Gasteiger charge is 2.42. The average Bonchev–Trinajstić information content (AvgIpc) is 2.47. The summed E-state index contributed by atoms with van der Waals surface area (Å²) >= 11 is 3.53. The fourth-order valence-corrected chi connectivity index (χ4v) is 2.81. The van der Waals surface area contributed by atoms with Crippen LogP contribution in [0, 0.1) is 17.8 Å². The van der Waals surface area contributed by atoms with E-state index >= 15 is 0 Å². The van der Waals surface area contributed by atoms with Crippen LogP contribution >= 0.6 is 12.6 Å². The van der Waals surface area contributed by atoms with Crippen LogP contribution in [0.5, 0.6) is 0 Å². The van der Waals surface area contributed by atoms with Crippen LogP contribution in [-0.2, 0) is 9.53 Å². The normalized spacial score (nSPS) is 30.8. The van der Waals surface area contributed by atoms with E-state index < -0.39 is 0 Å². The molecule has 0 unspecified atom stereocenters. The van der Waals surface area contributed by atoms with Crippen molar-refractivity contribution in [2.75, 3.05) is 13.4 Å². The first-order chi connectivity index (χ1) is 10.4. The zero-order valence-corrected chi connectivity index (χ0v) is 15.2. The van der Waals surface area contributed by atoms with E-state index in [1.807, 2.05) is 13.8 Å². The van der Waals surface area contributed by atoms with Gasteiger partial charge in [-0.2, -0.15) is 12.6 Å². The molecule has 0 aromatic heterocycles. The molecule has 0 heterocycles. The van der Waals surface area contributed by atoms with Gasteiger partial charge in [0.25, 0.3) is 0 Å². The standard InChI is InChI=1S/C16H28O3.CH4S/c1-10(2)7-6-8-11(3)14-13(17)9-12(4)15(18)16(14)19-5;1-2/h8,10,12,14-16,18H,6-7,9H2,1-5H3;2H,1H3/b11-8+;/t12-,14-,15-,16+;/m1./s1/i18T;. The molecule has 0 saturated heterocycles. The van der Waals surface area contributed by atoms with Gasteiger partial charge in [-0.3, -0.25) is 4.79 Å². The maximum atomic E-state index is 12.3. The number of ketones is 1. The largest absolute Gasteiger partial charge is 0.390 e. The first-order valence-electron chi connectivity index (χ1n) is 8.12. The highest BCUT2D eigenvalue weighted by molar-refractivity contribution is 7.79. The second-order valence-electron chi connectivity index (χ2n) is 6.21. The molecule has 0 aromatic rings. The number of rotatable bonds is 6. The van der Waals surface area contributed by atoms with Gasteiger partial charge < -0.3 is 9.85 Å². The lowest BCUT2D eigenvalue weighted by molar-refractivity contribution is -0.142. The van der Waals surface area contributed by atoms with Crippen molar-refractivity contribution >= 4 is 18.4 Å². The van der Waals surface area contributed by atoms with Gasteiger partial charge >= 0.3 is 0 Å². The molecule has 1 saturated carbocycles. The van der Waals surface area contributed by atoms with Crippen LogP contribution in [0.25, 0.3) is 0 Å². The summed E-state index contributed by atoms with van der Waals surface area (Å²) in [5.41, 5.74) is 1.05. The lowest BCUT2D eigenvalue weighted by atomic mass is 9.74. The zero-order valence-electron chi connectivity index (χ0n) is 15.3. The molecule has 4 heteroatoms. The highest BCUT2D eigenvalue weighted by atomic mass is 32.1. The molecule has 1 aliphatic carbocycles. The smallest absolute Gasteiger partial charge is 0.211 e. The average molecular weight is 319 g/mol. The molecule has 0 aliphatic heterocycles. The third-order valence-corrected chi connectivity index (χ3v) is 4.06. The van der Waals surface area contributed by atoms with E-state index in [1.165, 1.54) is 0 Å². The second kappa shape index (κ2) is 10.4. The summed E-state index contributed by atoms with van der Waals surface area (Å²) in [6, 6.07) is 0. The number of Topliss-reactive ketones (excluding diaryl/α,β-unsaturated/α-hetero) is 1. The summed E-state index contributed by atoms with van der Waals surface area (Å²) < 4.78 is 12.7. The van der Waals surface area contributed by atoms with Gasteiger partial charge in [0.05, 0.1) is 18.1 Å². The van der Waals surface area contributed by atoms with Gasteiger partial charge in [-0.25, -0.2) is 0 Å². The molecule has 0 aromatic carbocycles. The molecule has 1 N–H and O–H groups in total. The number of aliphatic hydroxyl groups is 1. The fraction of sp³-hybridized carbons (Fsp3) is 0.824. The highest BCUT2D eigenvalue weighted by Crippen LogP contribution is 2.33. The van der Waals surface area contributed by atoms with Crippen LogP contribution < -0.4 is 0 Å².